The van der Waals surface area contributed by atoms with Crippen molar-refractivity contribution in [3.8, 4) is 0 Å². The first-order valence-corrected chi connectivity index (χ1v) is 8.13. The molecule has 1 fully saturated rings. The van der Waals surface area contributed by atoms with E-state index in [4.69, 9.17) is 10.5 Å². The average molecular weight is 312 g/mol. The fourth-order valence-corrected chi connectivity index (χ4v) is 3.27. The molecule has 1 atom stereocenters. The lowest BCUT2D eigenvalue weighted by atomic mass is 10.2. The SMILES string of the molecule is CCOC(=O)C1CSCCN1C(=O)c1n[nH]c(CC)c1N. The van der Waals surface area contributed by atoms with Gasteiger partial charge in [-0.15, -0.1) is 0 Å². The van der Waals surface area contributed by atoms with Crippen molar-refractivity contribution in [2.45, 2.75) is 26.3 Å². The van der Waals surface area contributed by atoms with Gasteiger partial charge in [-0.2, -0.15) is 16.9 Å². The first kappa shape index (κ1) is 15.7. The number of anilines is 1. The lowest BCUT2D eigenvalue weighted by Gasteiger charge is -2.33. The number of nitrogen functional groups attached to an aromatic ring is 1. The number of H-pyrrole nitrogens is 1. The molecule has 7 nitrogen and oxygen atoms in total. The van der Waals surface area contributed by atoms with Crippen LogP contribution < -0.4 is 5.73 Å². The van der Waals surface area contributed by atoms with E-state index in [9.17, 15) is 9.59 Å². The van der Waals surface area contributed by atoms with Crippen molar-refractivity contribution in [1.29, 1.82) is 0 Å². The number of esters is 1. The van der Waals surface area contributed by atoms with E-state index in [1.807, 2.05) is 6.92 Å². The third-order valence-corrected chi connectivity index (χ3v) is 4.41. The number of nitrogens with one attached hydrogen (secondary N) is 1. The number of amides is 1. The molecule has 1 amide bonds. The minimum absolute atomic E-state index is 0.188. The van der Waals surface area contributed by atoms with Crippen LogP contribution in [0.1, 0.15) is 30.0 Å². The van der Waals surface area contributed by atoms with Gasteiger partial charge in [-0.1, -0.05) is 6.92 Å². The molecule has 0 aromatic carbocycles. The number of thioether (sulfide) groups is 1. The van der Waals surface area contributed by atoms with Crippen molar-refractivity contribution >= 4 is 29.3 Å². The maximum Gasteiger partial charge on any atom is 0.329 e. The number of carbonyl (C=O) groups is 2. The van der Waals surface area contributed by atoms with Gasteiger partial charge in [0.15, 0.2) is 5.69 Å². The maximum atomic E-state index is 12.6. The fourth-order valence-electron chi connectivity index (χ4n) is 2.24. The zero-order valence-electron chi connectivity index (χ0n) is 12.2. The molecule has 8 heteroatoms. The topological polar surface area (TPSA) is 101 Å². The number of nitrogens with zero attached hydrogens (tertiary/aromatic N) is 2. The van der Waals surface area contributed by atoms with Crippen LogP contribution in [-0.2, 0) is 16.0 Å². The molecule has 0 spiro atoms. The number of hydrogen-bond donors (Lipinski definition) is 2. The highest BCUT2D eigenvalue weighted by Crippen LogP contribution is 2.23. The van der Waals surface area contributed by atoms with Gasteiger partial charge in [-0.25, -0.2) is 4.79 Å². The maximum absolute atomic E-state index is 12.6. The summed E-state index contributed by atoms with van der Waals surface area (Å²) < 4.78 is 5.05. The molecule has 116 valence electrons. The van der Waals surface area contributed by atoms with Crippen LogP contribution in [0, 0.1) is 0 Å². The Morgan fingerprint density at radius 1 is 1.52 bits per heavy atom. The van der Waals surface area contributed by atoms with Crippen LogP contribution in [0.2, 0.25) is 0 Å². The number of aromatic nitrogens is 2. The molecule has 3 N–H and O–H groups in total. The Kier molecular flexibility index (Phi) is 5.11. The molecule has 1 aromatic rings. The molecule has 1 unspecified atom stereocenters. The molecular formula is C13H20N4O3S. The molecule has 1 aliphatic rings. The summed E-state index contributed by atoms with van der Waals surface area (Å²) in [4.78, 5) is 26.1. The second-order valence-electron chi connectivity index (χ2n) is 4.66. The molecule has 0 aliphatic carbocycles. The van der Waals surface area contributed by atoms with Crippen molar-refractivity contribution in [1.82, 2.24) is 15.1 Å². The molecule has 1 aliphatic heterocycles. The van der Waals surface area contributed by atoms with Gasteiger partial charge in [0.1, 0.15) is 6.04 Å². The predicted molar refractivity (Wildman–Crippen MR) is 81.2 cm³/mol. The van der Waals surface area contributed by atoms with Gasteiger partial charge in [0.25, 0.3) is 5.91 Å². The zero-order valence-corrected chi connectivity index (χ0v) is 13.0. The Balaban J connectivity index is 2.22. The third-order valence-electron chi connectivity index (χ3n) is 3.39. The summed E-state index contributed by atoms with van der Waals surface area (Å²) >= 11 is 1.63. The lowest BCUT2D eigenvalue weighted by molar-refractivity contribution is -0.147. The Hall–Kier alpha value is -1.70. The van der Waals surface area contributed by atoms with Gasteiger partial charge < -0.3 is 15.4 Å². The number of hydrogen-bond acceptors (Lipinski definition) is 6. The molecule has 0 bridgehead atoms. The molecule has 2 heterocycles. The summed E-state index contributed by atoms with van der Waals surface area (Å²) in [5.41, 5.74) is 7.22. The number of aromatic amines is 1. The summed E-state index contributed by atoms with van der Waals surface area (Å²) in [6.45, 7) is 4.46. The van der Waals surface area contributed by atoms with Crippen LogP contribution in [0.4, 0.5) is 5.69 Å². The first-order valence-electron chi connectivity index (χ1n) is 6.98. The van der Waals surface area contributed by atoms with Crippen LogP contribution in [0.3, 0.4) is 0 Å². The number of ether oxygens (including phenoxy) is 1. The normalized spacial score (nSPS) is 18.6. The second-order valence-corrected chi connectivity index (χ2v) is 5.81. The van der Waals surface area contributed by atoms with Crippen molar-refractivity contribution < 1.29 is 14.3 Å². The average Bonchev–Trinajstić information content (AvgIpc) is 2.87. The van der Waals surface area contributed by atoms with E-state index in [1.165, 1.54) is 4.90 Å². The number of aryl methyl sites for hydroxylation is 1. The lowest BCUT2D eigenvalue weighted by Crippen LogP contribution is -2.51. The van der Waals surface area contributed by atoms with E-state index in [2.05, 4.69) is 10.2 Å². The highest BCUT2D eigenvalue weighted by molar-refractivity contribution is 7.99. The van der Waals surface area contributed by atoms with Crippen LogP contribution in [0.25, 0.3) is 0 Å². The Morgan fingerprint density at radius 3 is 2.90 bits per heavy atom. The molecule has 0 saturated carbocycles. The molecular weight excluding hydrogens is 292 g/mol. The molecule has 21 heavy (non-hydrogen) atoms. The highest BCUT2D eigenvalue weighted by Gasteiger charge is 2.35. The molecule has 1 saturated heterocycles. The van der Waals surface area contributed by atoms with Crippen LogP contribution in [0.5, 0.6) is 0 Å². The first-order chi connectivity index (χ1) is 10.1. The van der Waals surface area contributed by atoms with Crippen molar-refractivity contribution in [3.63, 3.8) is 0 Å². The second kappa shape index (κ2) is 6.84. The number of rotatable bonds is 4. The van der Waals surface area contributed by atoms with E-state index in [1.54, 1.807) is 18.7 Å². The highest BCUT2D eigenvalue weighted by atomic mass is 32.2. The summed E-state index contributed by atoms with van der Waals surface area (Å²) in [5, 5.41) is 6.77. The van der Waals surface area contributed by atoms with Gasteiger partial charge in [0.2, 0.25) is 0 Å². The van der Waals surface area contributed by atoms with E-state index >= 15 is 0 Å². The monoisotopic (exact) mass is 312 g/mol. The van der Waals surface area contributed by atoms with Crippen molar-refractivity contribution in [2.75, 3.05) is 30.4 Å². The summed E-state index contributed by atoms with van der Waals surface area (Å²) in [6, 6.07) is -0.572. The predicted octanol–water partition coefficient (Wildman–Crippen LogP) is 0.675. The Bertz CT molecular complexity index is 531. The summed E-state index contributed by atoms with van der Waals surface area (Å²) in [7, 11) is 0. The van der Waals surface area contributed by atoms with Gasteiger partial charge in [-0.3, -0.25) is 9.89 Å². The van der Waals surface area contributed by atoms with E-state index in [0.29, 0.717) is 31.0 Å². The third kappa shape index (κ3) is 3.15. The van der Waals surface area contributed by atoms with Crippen LogP contribution in [0.15, 0.2) is 0 Å². The quantitative estimate of drug-likeness (QED) is 0.793. The van der Waals surface area contributed by atoms with E-state index in [0.717, 1.165) is 11.4 Å². The molecule has 0 radical (unpaired) electrons. The Labute approximate surface area is 127 Å². The van der Waals surface area contributed by atoms with E-state index < -0.39 is 6.04 Å². The van der Waals surface area contributed by atoms with Crippen LogP contribution in [-0.4, -0.2) is 57.7 Å². The Morgan fingerprint density at radius 2 is 2.29 bits per heavy atom. The van der Waals surface area contributed by atoms with Gasteiger partial charge in [-0.05, 0) is 13.3 Å². The number of carbonyl (C=O) groups excluding carboxylic acids is 2. The summed E-state index contributed by atoms with van der Waals surface area (Å²) in [5.74, 6) is 0.631. The largest absolute Gasteiger partial charge is 0.464 e. The van der Waals surface area contributed by atoms with Crippen LogP contribution >= 0.6 is 11.8 Å². The standard InChI is InChI=1S/C13H20N4O3S/c1-3-8-10(14)11(16-15-8)12(18)17-5-6-21-7-9(17)13(19)20-4-2/h9H,3-7,14H2,1-2H3,(H,15,16). The van der Waals surface area contributed by atoms with Crippen molar-refractivity contribution in [3.05, 3.63) is 11.4 Å². The molecule has 1 aromatic heterocycles. The minimum atomic E-state index is -0.572. The smallest absolute Gasteiger partial charge is 0.329 e. The molecule has 2 rings (SSSR count). The van der Waals surface area contributed by atoms with Crippen molar-refractivity contribution in [2.24, 2.45) is 0 Å². The minimum Gasteiger partial charge on any atom is -0.464 e. The fraction of sp³-hybridized carbons (Fsp3) is 0.615. The summed E-state index contributed by atoms with van der Waals surface area (Å²) in [6.07, 6.45) is 0.670. The van der Waals surface area contributed by atoms with Gasteiger partial charge in [0.05, 0.1) is 18.0 Å². The van der Waals surface area contributed by atoms with E-state index in [-0.39, 0.29) is 17.6 Å². The number of nitrogens with two attached hydrogens (primary N) is 1. The zero-order chi connectivity index (χ0) is 15.4. The van der Waals surface area contributed by atoms with Gasteiger partial charge in [0, 0.05) is 18.1 Å². The van der Waals surface area contributed by atoms with Gasteiger partial charge >= 0.3 is 5.97 Å².